The third-order valence-corrected chi connectivity index (χ3v) is 6.37. The number of thiophene rings is 1. The zero-order valence-electron chi connectivity index (χ0n) is 15.4. The number of ether oxygens (including phenoxy) is 1. The molecule has 1 atom stereocenters. The Bertz CT molecular complexity index is 1040. The van der Waals surface area contributed by atoms with Gasteiger partial charge in [-0.25, -0.2) is 9.37 Å². The van der Waals surface area contributed by atoms with Gasteiger partial charge < -0.3 is 20.8 Å². The Morgan fingerprint density at radius 3 is 2.89 bits per heavy atom. The van der Waals surface area contributed by atoms with E-state index in [0.29, 0.717) is 16.9 Å². The van der Waals surface area contributed by atoms with Gasteiger partial charge in [-0.2, -0.15) is 0 Å². The SMILES string of the molecule is COC(C)(C)C1NCCc2cc(-c3nc4c(C(N)=O)cc(F)cc4[nH]3)sc21. The molecule has 4 rings (SSSR count). The van der Waals surface area contributed by atoms with Gasteiger partial charge in [0.2, 0.25) is 0 Å². The zero-order chi connectivity index (χ0) is 19.3. The molecule has 0 spiro atoms. The van der Waals surface area contributed by atoms with Crippen molar-refractivity contribution in [3.63, 3.8) is 0 Å². The number of benzene rings is 1. The average molecular weight is 388 g/mol. The predicted octanol–water partition coefficient (Wildman–Crippen LogP) is 3.14. The highest BCUT2D eigenvalue weighted by atomic mass is 32.1. The molecule has 6 nitrogen and oxygen atoms in total. The van der Waals surface area contributed by atoms with E-state index in [9.17, 15) is 9.18 Å². The van der Waals surface area contributed by atoms with Gasteiger partial charge in [-0.05, 0) is 50.6 Å². The van der Waals surface area contributed by atoms with Gasteiger partial charge in [0.1, 0.15) is 17.2 Å². The largest absolute Gasteiger partial charge is 0.377 e. The lowest BCUT2D eigenvalue weighted by molar-refractivity contribution is -0.0117. The first kappa shape index (κ1) is 18.1. The Morgan fingerprint density at radius 2 is 2.19 bits per heavy atom. The number of aromatic nitrogens is 2. The second-order valence-corrected chi connectivity index (χ2v) is 8.33. The molecular formula is C19H21FN4O2S. The lowest BCUT2D eigenvalue weighted by atomic mass is 9.91. The van der Waals surface area contributed by atoms with Crippen molar-refractivity contribution in [1.82, 2.24) is 15.3 Å². The van der Waals surface area contributed by atoms with E-state index < -0.39 is 11.7 Å². The summed E-state index contributed by atoms with van der Waals surface area (Å²) in [7, 11) is 1.71. The monoisotopic (exact) mass is 388 g/mol. The number of halogens is 1. The van der Waals surface area contributed by atoms with Gasteiger partial charge in [-0.15, -0.1) is 11.3 Å². The van der Waals surface area contributed by atoms with Crippen LogP contribution in [0.1, 0.15) is 40.7 Å². The lowest BCUT2D eigenvalue weighted by Gasteiger charge is -2.36. The highest BCUT2D eigenvalue weighted by molar-refractivity contribution is 7.15. The summed E-state index contributed by atoms with van der Waals surface area (Å²) in [6, 6.07) is 4.63. The van der Waals surface area contributed by atoms with Crippen LogP contribution in [-0.4, -0.2) is 35.1 Å². The molecule has 1 unspecified atom stereocenters. The molecule has 4 N–H and O–H groups in total. The van der Waals surface area contributed by atoms with Crippen molar-refractivity contribution >= 4 is 28.3 Å². The number of carbonyl (C=O) groups excluding carboxylic acids is 1. The van der Waals surface area contributed by atoms with Gasteiger partial charge in [0.05, 0.1) is 27.6 Å². The zero-order valence-corrected chi connectivity index (χ0v) is 16.2. The third-order valence-electron chi connectivity index (χ3n) is 5.12. The van der Waals surface area contributed by atoms with Crippen LogP contribution in [0.4, 0.5) is 4.39 Å². The molecule has 2 aromatic heterocycles. The molecule has 1 amide bonds. The molecule has 27 heavy (non-hydrogen) atoms. The maximum Gasteiger partial charge on any atom is 0.251 e. The van der Waals surface area contributed by atoms with Crippen LogP contribution in [-0.2, 0) is 11.2 Å². The summed E-state index contributed by atoms with van der Waals surface area (Å²) in [5.74, 6) is -0.622. The minimum absolute atomic E-state index is 0.0769. The van der Waals surface area contributed by atoms with Gasteiger partial charge in [-0.1, -0.05) is 0 Å². The molecular weight excluding hydrogens is 367 g/mol. The predicted molar refractivity (Wildman–Crippen MR) is 103 cm³/mol. The summed E-state index contributed by atoms with van der Waals surface area (Å²) in [6.07, 6.45) is 0.920. The van der Waals surface area contributed by atoms with Crippen molar-refractivity contribution in [2.24, 2.45) is 5.73 Å². The maximum atomic E-state index is 13.8. The van der Waals surface area contributed by atoms with Crippen molar-refractivity contribution in [2.75, 3.05) is 13.7 Å². The van der Waals surface area contributed by atoms with Gasteiger partial charge in [0, 0.05) is 12.0 Å². The van der Waals surface area contributed by atoms with Gasteiger partial charge in [0.15, 0.2) is 0 Å². The minimum Gasteiger partial charge on any atom is -0.377 e. The van der Waals surface area contributed by atoms with Crippen LogP contribution < -0.4 is 11.1 Å². The number of hydrogen-bond donors (Lipinski definition) is 3. The molecule has 3 aromatic rings. The summed E-state index contributed by atoms with van der Waals surface area (Å²) >= 11 is 1.63. The summed E-state index contributed by atoms with van der Waals surface area (Å²) in [5.41, 5.74) is 7.20. The number of hydrogen-bond acceptors (Lipinski definition) is 5. The van der Waals surface area contributed by atoms with E-state index in [-0.39, 0.29) is 17.2 Å². The van der Waals surface area contributed by atoms with E-state index in [1.165, 1.54) is 16.5 Å². The Hall–Kier alpha value is -2.29. The minimum atomic E-state index is -0.700. The summed E-state index contributed by atoms with van der Waals surface area (Å²) in [4.78, 5) is 21.4. The van der Waals surface area contributed by atoms with Crippen LogP contribution in [0.3, 0.4) is 0 Å². The number of rotatable bonds is 4. The number of nitrogens with zero attached hydrogens (tertiary/aromatic N) is 1. The second-order valence-electron chi connectivity index (χ2n) is 7.24. The Morgan fingerprint density at radius 1 is 1.41 bits per heavy atom. The van der Waals surface area contributed by atoms with Crippen molar-refractivity contribution in [2.45, 2.75) is 31.9 Å². The van der Waals surface area contributed by atoms with Gasteiger partial charge >= 0.3 is 0 Å². The van der Waals surface area contributed by atoms with E-state index in [2.05, 4.69) is 35.2 Å². The first-order valence-corrected chi connectivity index (χ1v) is 9.52. The molecule has 3 heterocycles. The Kier molecular flexibility index (Phi) is 4.29. The number of methoxy groups -OCH3 is 1. The first-order valence-electron chi connectivity index (χ1n) is 8.70. The lowest BCUT2D eigenvalue weighted by Crippen LogP contribution is -2.43. The summed E-state index contributed by atoms with van der Waals surface area (Å²) < 4.78 is 19.5. The molecule has 0 radical (unpaired) electrons. The second kappa shape index (κ2) is 6.40. The molecule has 0 fully saturated rings. The van der Waals surface area contributed by atoms with Crippen LogP contribution in [0.2, 0.25) is 0 Å². The van der Waals surface area contributed by atoms with Gasteiger partial charge in [-0.3, -0.25) is 4.79 Å². The number of aromatic amines is 1. The van der Waals surface area contributed by atoms with E-state index >= 15 is 0 Å². The van der Waals surface area contributed by atoms with Crippen molar-refractivity contribution in [3.05, 3.63) is 40.0 Å². The fourth-order valence-electron chi connectivity index (χ4n) is 3.51. The highest BCUT2D eigenvalue weighted by Gasteiger charge is 2.36. The normalized spacial score (nSPS) is 17.3. The molecule has 8 heteroatoms. The van der Waals surface area contributed by atoms with Gasteiger partial charge in [0.25, 0.3) is 5.91 Å². The molecule has 0 saturated carbocycles. The fourth-order valence-corrected chi connectivity index (χ4v) is 4.92. The van der Waals surface area contributed by atoms with Crippen LogP contribution in [0, 0.1) is 5.82 Å². The molecule has 0 bridgehead atoms. The standard InChI is InChI=1S/C19H21FN4O2S/c1-19(2,26-3)16-15-9(4-5-22-16)6-13(27-15)18-23-12-8-10(20)7-11(17(21)25)14(12)24-18/h6-8,16,22H,4-5H2,1-3H3,(H2,21,25)(H,23,24). The van der Waals surface area contributed by atoms with Crippen molar-refractivity contribution in [3.8, 4) is 10.7 Å². The molecule has 0 saturated heterocycles. The van der Waals surface area contributed by atoms with E-state index in [1.807, 2.05) is 0 Å². The molecule has 142 valence electrons. The summed E-state index contributed by atoms with van der Waals surface area (Å²) in [5, 5.41) is 3.53. The maximum absolute atomic E-state index is 13.8. The first-order chi connectivity index (χ1) is 12.8. The third kappa shape index (κ3) is 3.03. The summed E-state index contributed by atoms with van der Waals surface area (Å²) in [6.45, 7) is 4.99. The van der Waals surface area contributed by atoms with Crippen LogP contribution in [0.15, 0.2) is 18.2 Å². The topological polar surface area (TPSA) is 93.0 Å². The molecule has 1 aromatic carbocycles. The van der Waals surface area contributed by atoms with E-state index in [1.54, 1.807) is 18.4 Å². The van der Waals surface area contributed by atoms with Crippen LogP contribution in [0.25, 0.3) is 21.7 Å². The quantitative estimate of drug-likeness (QED) is 0.640. The smallest absolute Gasteiger partial charge is 0.251 e. The molecule has 0 aliphatic carbocycles. The fraction of sp³-hybridized carbons (Fsp3) is 0.368. The number of primary amides is 1. The Balaban J connectivity index is 1.82. The Labute approximate surface area is 159 Å². The highest BCUT2D eigenvalue weighted by Crippen LogP contribution is 2.41. The van der Waals surface area contributed by atoms with Crippen LogP contribution in [0.5, 0.6) is 0 Å². The van der Waals surface area contributed by atoms with Crippen LogP contribution >= 0.6 is 11.3 Å². The number of imidazole rings is 1. The number of carbonyl (C=O) groups is 1. The van der Waals surface area contributed by atoms with E-state index in [4.69, 9.17) is 10.5 Å². The number of amides is 1. The van der Waals surface area contributed by atoms with E-state index in [0.717, 1.165) is 23.9 Å². The number of H-pyrrole nitrogens is 1. The van der Waals surface area contributed by atoms with Crippen molar-refractivity contribution in [1.29, 1.82) is 0 Å². The average Bonchev–Trinajstić information content (AvgIpc) is 3.23. The number of fused-ring (bicyclic) bond motifs is 2. The molecule has 1 aliphatic heterocycles. The number of nitrogens with two attached hydrogens (primary N) is 1. The molecule has 1 aliphatic rings. The van der Waals surface area contributed by atoms with Crippen molar-refractivity contribution < 1.29 is 13.9 Å². The number of nitrogens with one attached hydrogen (secondary N) is 2.